The Morgan fingerprint density at radius 3 is 2.45 bits per heavy atom. The molecule has 0 unspecified atom stereocenters. The fraction of sp³-hybridized carbons (Fsp3) is 0.235. The molecule has 2 N–H and O–H groups in total. The van der Waals surface area contributed by atoms with Crippen molar-refractivity contribution in [1.82, 2.24) is 20.0 Å². The van der Waals surface area contributed by atoms with Crippen molar-refractivity contribution >= 4 is 5.82 Å². The normalized spacial score (nSPS) is 10.8. The number of hydrogen-bond acceptors (Lipinski definition) is 4. The largest absolute Gasteiger partial charge is 0.382 e. The van der Waals surface area contributed by atoms with Crippen molar-refractivity contribution in [2.24, 2.45) is 0 Å². The van der Waals surface area contributed by atoms with E-state index in [1.807, 2.05) is 24.3 Å². The molecule has 22 heavy (non-hydrogen) atoms. The van der Waals surface area contributed by atoms with Crippen LogP contribution < -0.4 is 5.73 Å². The molecule has 3 rings (SSSR count). The smallest absolute Gasteiger partial charge is 0.155 e. The van der Waals surface area contributed by atoms with Gasteiger partial charge in [-0.2, -0.15) is 4.68 Å². The number of rotatable bonds is 5. The second-order valence-corrected chi connectivity index (χ2v) is 5.24. The van der Waals surface area contributed by atoms with Gasteiger partial charge in [-0.3, -0.25) is 4.98 Å². The van der Waals surface area contributed by atoms with Gasteiger partial charge in [0.15, 0.2) is 5.82 Å². The van der Waals surface area contributed by atoms with E-state index in [9.17, 15) is 0 Å². The van der Waals surface area contributed by atoms with Gasteiger partial charge in [0.1, 0.15) is 5.69 Å². The zero-order chi connectivity index (χ0) is 15.4. The first-order chi connectivity index (χ1) is 10.8. The second-order valence-electron chi connectivity index (χ2n) is 5.24. The van der Waals surface area contributed by atoms with E-state index in [1.54, 1.807) is 17.1 Å². The van der Waals surface area contributed by atoms with Crippen LogP contribution >= 0.6 is 0 Å². The van der Waals surface area contributed by atoms with Crippen molar-refractivity contribution in [2.45, 2.75) is 26.2 Å². The Kier molecular flexibility index (Phi) is 4.14. The van der Waals surface area contributed by atoms with Gasteiger partial charge in [0, 0.05) is 18.0 Å². The summed E-state index contributed by atoms with van der Waals surface area (Å²) in [6.07, 6.45) is 6.95. The van der Waals surface area contributed by atoms with E-state index in [1.165, 1.54) is 18.4 Å². The first-order valence-corrected chi connectivity index (χ1v) is 7.50. The summed E-state index contributed by atoms with van der Waals surface area (Å²) in [7, 11) is 0. The number of unbranched alkanes of at least 4 members (excludes halogenated alkanes) is 1. The molecular weight excluding hydrogens is 274 g/mol. The molecule has 112 valence electrons. The van der Waals surface area contributed by atoms with Crippen LogP contribution in [0.3, 0.4) is 0 Å². The minimum Gasteiger partial charge on any atom is -0.382 e. The van der Waals surface area contributed by atoms with Crippen LogP contribution in [0.4, 0.5) is 5.82 Å². The molecule has 0 atom stereocenters. The SMILES string of the molecule is CCCCc1ccc(-n2nnc(-c3ccncc3)c2N)cc1. The third kappa shape index (κ3) is 2.83. The molecule has 0 radical (unpaired) electrons. The Bertz CT molecular complexity index is 732. The van der Waals surface area contributed by atoms with E-state index in [2.05, 4.69) is 34.4 Å². The molecule has 0 spiro atoms. The summed E-state index contributed by atoms with van der Waals surface area (Å²) in [5, 5.41) is 8.37. The zero-order valence-electron chi connectivity index (χ0n) is 12.6. The van der Waals surface area contributed by atoms with Crippen LogP contribution in [0.5, 0.6) is 0 Å². The number of pyridine rings is 1. The average molecular weight is 293 g/mol. The van der Waals surface area contributed by atoms with Gasteiger partial charge < -0.3 is 5.73 Å². The fourth-order valence-electron chi connectivity index (χ4n) is 2.38. The maximum absolute atomic E-state index is 6.20. The molecule has 0 amide bonds. The van der Waals surface area contributed by atoms with Crippen molar-refractivity contribution in [3.8, 4) is 16.9 Å². The predicted molar refractivity (Wildman–Crippen MR) is 87.6 cm³/mol. The summed E-state index contributed by atoms with van der Waals surface area (Å²) in [5.41, 5.74) is 10.1. The first-order valence-electron chi connectivity index (χ1n) is 7.50. The van der Waals surface area contributed by atoms with Crippen LogP contribution in [0.25, 0.3) is 16.9 Å². The number of nitrogen functional groups attached to an aromatic ring is 1. The molecular formula is C17H19N5. The Morgan fingerprint density at radius 2 is 1.77 bits per heavy atom. The van der Waals surface area contributed by atoms with E-state index >= 15 is 0 Å². The molecule has 0 saturated carbocycles. The Labute approximate surface area is 129 Å². The van der Waals surface area contributed by atoms with Gasteiger partial charge in [-0.1, -0.05) is 30.7 Å². The van der Waals surface area contributed by atoms with Crippen molar-refractivity contribution in [3.63, 3.8) is 0 Å². The van der Waals surface area contributed by atoms with E-state index in [0.29, 0.717) is 11.5 Å². The molecule has 1 aromatic carbocycles. The first kappa shape index (κ1) is 14.3. The predicted octanol–water partition coefficient (Wildman–Crippen LogP) is 3.25. The van der Waals surface area contributed by atoms with Gasteiger partial charge in [0.25, 0.3) is 0 Å². The molecule has 0 aliphatic rings. The molecule has 0 aliphatic carbocycles. The van der Waals surface area contributed by atoms with Crippen molar-refractivity contribution in [1.29, 1.82) is 0 Å². The summed E-state index contributed by atoms with van der Waals surface area (Å²) in [6, 6.07) is 12.1. The lowest BCUT2D eigenvalue weighted by Crippen LogP contribution is -2.02. The van der Waals surface area contributed by atoms with Crippen molar-refractivity contribution in [2.75, 3.05) is 5.73 Å². The standard InChI is InChI=1S/C17H19N5/c1-2-3-4-13-5-7-15(8-6-13)22-17(18)16(20-21-22)14-9-11-19-12-10-14/h5-12H,2-4,18H2,1H3. The molecule has 0 saturated heterocycles. The molecule has 0 aliphatic heterocycles. The highest BCUT2D eigenvalue weighted by molar-refractivity contribution is 5.70. The van der Waals surface area contributed by atoms with Gasteiger partial charge in [-0.05, 0) is 42.7 Å². The Balaban J connectivity index is 1.88. The molecule has 2 heterocycles. The number of anilines is 1. The highest BCUT2D eigenvalue weighted by Gasteiger charge is 2.12. The van der Waals surface area contributed by atoms with Crippen LogP contribution in [-0.4, -0.2) is 20.0 Å². The van der Waals surface area contributed by atoms with E-state index in [4.69, 9.17) is 5.73 Å². The molecule has 3 aromatic rings. The lowest BCUT2D eigenvalue weighted by atomic mass is 10.1. The third-order valence-electron chi connectivity index (χ3n) is 3.66. The molecule has 5 nitrogen and oxygen atoms in total. The third-order valence-corrected chi connectivity index (χ3v) is 3.66. The summed E-state index contributed by atoms with van der Waals surface area (Å²) < 4.78 is 1.67. The molecule has 0 bridgehead atoms. The van der Waals surface area contributed by atoms with E-state index < -0.39 is 0 Å². The number of benzene rings is 1. The number of hydrogen-bond donors (Lipinski definition) is 1. The second kappa shape index (κ2) is 6.39. The van der Waals surface area contributed by atoms with Crippen molar-refractivity contribution in [3.05, 3.63) is 54.4 Å². The highest BCUT2D eigenvalue weighted by atomic mass is 15.5. The number of nitrogens with two attached hydrogens (primary N) is 1. The van der Waals surface area contributed by atoms with E-state index in [-0.39, 0.29) is 0 Å². The van der Waals surface area contributed by atoms with Gasteiger partial charge in [0.2, 0.25) is 0 Å². The van der Waals surface area contributed by atoms with Gasteiger partial charge in [-0.15, -0.1) is 5.10 Å². The quantitative estimate of drug-likeness (QED) is 0.784. The van der Waals surface area contributed by atoms with Gasteiger partial charge in [-0.25, -0.2) is 0 Å². The molecule has 2 aromatic heterocycles. The van der Waals surface area contributed by atoms with Crippen LogP contribution in [0.15, 0.2) is 48.8 Å². The lowest BCUT2D eigenvalue weighted by Gasteiger charge is -2.05. The topological polar surface area (TPSA) is 69.6 Å². The highest BCUT2D eigenvalue weighted by Crippen LogP contribution is 2.24. The summed E-state index contributed by atoms with van der Waals surface area (Å²) in [4.78, 5) is 4.00. The Hall–Kier alpha value is -2.69. The summed E-state index contributed by atoms with van der Waals surface area (Å²) in [6.45, 7) is 2.20. The maximum atomic E-state index is 6.20. The van der Waals surface area contributed by atoms with Crippen LogP contribution in [0.1, 0.15) is 25.3 Å². The van der Waals surface area contributed by atoms with Gasteiger partial charge in [0.05, 0.1) is 5.69 Å². The number of aryl methyl sites for hydroxylation is 1. The minimum atomic E-state index is 0.535. The van der Waals surface area contributed by atoms with Crippen LogP contribution in [0.2, 0.25) is 0 Å². The van der Waals surface area contributed by atoms with Crippen LogP contribution in [-0.2, 0) is 6.42 Å². The average Bonchev–Trinajstić information content (AvgIpc) is 2.96. The maximum Gasteiger partial charge on any atom is 0.155 e. The Morgan fingerprint density at radius 1 is 1.05 bits per heavy atom. The van der Waals surface area contributed by atoms with Crippen molar-refractivity contribution < 1.29 is 0 Å². The monoisotopic (exact) mass is 293 g/mol. The zero-order valence-corrected chi connectivity index (χ0v) is 12.6. The number of nitrogens with zero attached hydrogens (tertiary/aromatic N) is 4. The molecule has 0 fully saturated rings. The number of aromatic nitrogens is 4. The van der Waals surface area contributed by atoms with Crippen LogP contribution in [0, 0.1) is 0 Å². The molecule has 5 heteroatoms. The lowest BCUT2D eigenvalue weighted by molar-refractivity contribution is 0.790. The summed E-state index contributed by atoms with van der Waals surface area (Å²) >= 11 is 0. The summed E-state index contributed by atoms with van der Waals surface area (Å²) in [5.74, 6) is 0.535. The van der Waals surface area contributed by atoms with Gasteiger partial charge >= 0.3 is 0 Å². The van der Waals surface area contributed by atoms with E-state index in [0.717, 1.165) is 17.7 Å². The fourth-order valence-corrected chi connectivity index (χ4v) is 2.38. The minimum absolute atomic E-state index is 0.535.